The second-order valence-electron chi connectivity index (χ2n) is 18.1. The lowest BCUT2D eigenvalue weighted by Gasteiger charge is -2.44. The Labute approximate surface area is 331 Å². The Hall–Kier alpha value is -5.72. The van der Waals surface area contributed by atoms with Crippen LogP contribution in [0, 0.1) is 0 Å². The SMILES string of the molecule is CC(C)c1ccc(-c2c3ccccc3c(-c3ccc(C(C)C)cc3)c3cc4c(cc23)C(C)(C)c2cc3c5ccccc5c5ccccc5c3cc2C4(C)C)cc1. The summed E-state index contributed by atoms with van der Waals surface area (Å²) in [5.74, 6) is 0.963. The van der Waals surface area contributed by atoms with Gasteiger partial charge in [-0.2, -0.15) is 0 Å². The zero-order chi connectivity index (χ0) is 38.7. The lowest BCUT2D eigenvalue weighted by atomic mass is 9.59. The van der Waals surface area contributed by atoms with Gasteiger partial charge >= 0.3 is 0 Å². The van der Waals surface area contributed by atoms with Gasteiger partial charge in [0.1, 0.15) is 0 Å². The van der Waals surface area contributed by atoms with Crippen molar-refractivity contribution < 1.29 is 0 Å². The summed E-state index contributed by atoms with van der Waals surface area (Å²) >= 11 is 0. The maximum absolute atomic E-state index is 2.60. The van der Waals surface area contributed by atoms with E-state index in [-0.39, 0.29) is 10.8 Å². The van der Waals surface area contributed by atoms with Crippen molar-refractivity contribution in [1.82, 2.24) is 0 Å². The summed E-state index contributed by atoms with van der Waals surface area (Å²) in [6, 6.07) is 56.2. The van der Waals surface area contributed by atoms with Crippen molar-refractivity contribution in [2.45, 2.75) is 78.1 Å². The molecule has 0 atom stereocenters. The minimum atomic E-state index is -0.237. The number of rotatable bonds is 4. The highest BCUT2D eigenvalue weighted by atomic mass is 14.5. The first kappa shape index (κ1) is 34.7. The van der Waals surface area contributed by atoms with Gasteiger partial charge in [-0.05, 0) is 146 Å². The summed E-state index contributed by atoms with van der Waals surface area (Å²) in [5, 5.41) is 13.2. The molecule has 0 radical (unpaired) electrons. The highest BCUT2D eigenvalue weighted by molar-refractivity contribution is 6.26. The molecule has 274 valence electrons. The van der Waals surface area contributed by atoms with Crippen LogP contribution >= 0.6 is 0 Å². The highest BCUT2D eigenvalue weighted by Gasteiger charge is 2.42. The van der Waals surface area contributed by atoms with Crippen LogP contribution in [-0.2, 0) is 10.8 Å². The Morgan fingerprint density at radius 3 is 0.875 bits per heavy atom. The predicted octanol–water partition coefficient (Wildman–Crippen LogP) is 16.0. The van der Waals surface area contributed by atoms with E-state index in [1.165, 1.54) is 109 Å². The van der Waals surface area contributed by atoms with Gasteiger partial charge in [-0.3, -0.25) is 0 Å². The van der Waals surface area contributed by atoms with Gasteiger partial charge in [0, 0.05) is 10.8 Å². The van der Waals surface area contributed by atoms with E-state index in [0.717, 1.165) is 0 Å². The fraction of sp³-hybridized carbons (Fsp3) is 0.214. The maximum atomic E-state index is 2.60. The van der Waals surface area contributed by atoms with Crippen molar-refractivity contribution in [3.63, 3.8) is 0 Å². The van der Waals surface area contributed by atoms with Crippen molar-refractivity contribution in [3.8, 4) is 22.3 Å². The van der Waals surface area contributed by atoms with Crippen LogP contribution in [0.5, 0.6) is 0 Å². The van der Waals surface area contributed by atoms with E-state index in [0.29, 0.717) is 11.8 Å². The summed E-state index contributed by atoms with van der Waals surface area (Å²) < 4.78 is 0. The third kappa shape index (κ3) is 4.98. The van der Waals surface area contributed by atoms with Crippen molar-refractivity contribution in [1.29, 1.82) is 0 Å². The monoisotopic (exact) mass is 722 g/mol. The number of hydrogen-bond donors (Lipinski definition) is 0. The Morgan fingerprint density at radius 1 is 0.304 bits per heavy atom. The van der Waals surface area contributed by atoms with Crippen LogP contribution < -0.4 is 0 Å². The normalized spacial score (nSPS) is 14.7. The van der Waals surface area contributed by atoms with Crippen molar-refractivity contribution >= 4 is 53.9 Å². The molecule has 0 fully saturated rings. The zero-order valence-electron chi connectivity index (χ0n) is 34.0. The molecule has 56 heavy (non-hydrogen) atoms. The second-order valence-corrected chi connectivity index (χ2v) is 18.1. The van der Waals surface area contributed by atoms with Crippen molar-refractivity contribution in [3.05, 3.63) is 179 Å². The molecule has 0 saturated heterocycles. The minimum Gasteiger partial charge on any atom is -0.0616 e. The lowest BCUT2D eigenvalue weighted by Crippen LogP contribution is -2.36. The van der Waals surface area contributed by atoms with E-state index < -0.39 is 0 Å². The average Bonchev–Trinajstić information content (AvgIpc) is 3.21. The molecule has 0 nitrogen and oxygen atoms in total. The molecule has 10 rings (SSSR count). The van der Waals surface area contributed by atoms with Gasteiger partial charge in [0.15, 0.2) is 0 Å². The van der Waals surface area contributed by atoms with E-state index >= 15 is 0 Å². The van der Waals surface area contributed by atoms with Crippen molar-refractivity contribution in [2.75, 3.05) is 0 Å². The predicted molar refractivity (Wildman–Crippen MR) is 244 cm³/mol. The van der Waals surface area contributed by atoms with Gasteiger partial charge in [0.05, 0.1) is 0 Å². The largest absolute Gasteiger partial charge is 0.0616 e. The van der Waals surface area contributed by atoms with E-state index in [4.69, 9.17) is 0 Å². The van der Waals surface area contributed by atoms with Gasteiger partial charge in [-0.15, -0.1) is 0 Å². The number of fused-ring (bicyclic) bond motifs is 10. The van der Waals surface area contributed by atoms with Gasteiger partial charge in [-0.1, -0.05) is 177 Å². The third-order valence-corrected chi connectivity index (χ3v) is 13.5. The fourth-order valence-corrected chi connectivity index (χ4v) is 10.2. The van der Waals surface area contributed by atoms with Gasteiger partial charge in [-0.25, -0.2) is 0 Å². The van der Waals surface area contributed by atoms with Gasteiger partial charge in [0.25, 0.3) is 0 Å². The molecule has 0 heterocycles. The van der Waals surface area contributed by atoms with E-state index in [2.05, 4.69) is 201 Å². The summed E-state index contributed by atoms with van der Waals surface area (Å²) in [6.45, 7) is 19.0. The van der Waals surface area contributed by atoms with E-state index in [1.54, 1.807) is 0 Å². The van der Waals surface area contributed by atoms with Crippen LogP contribution in [0.2, 0.25) is 0 Å². The molecule has 0 aromatic heterocycles. The average molecular weight is 723 g/mol. The first-order valence-corrected chi connectivity index (χ1v) is 20.6. The Morgan fingerprint density at radius 2 is 0.571 bits per heavy atom. The molecule has 1 aliphatic carbocycles. The molecule has 9 aromatic rings. The van der Waals surface area contributed by atoms with E-state index in [9.17, 15) is 0 Å². The molecular formula is C56H50. The van der Waals surface area contributed by atoms with Crippen LogP contribution in [0.1, 0.15) is 101 Å². The molecule has 0 heteroatoms. The Bertz CT molecular complexity index is 2830. The van der Waals surface area contributed by atoms with Crippen LogP contribution in [0.15, 0.2) is 146 Å². The first-order valence-electron chi connectivity index (χ1n) is 20.6. The second kappa shape index (κ2) is 12.4. The molecule has 0 unspecified atom stereocenters. The molecule has 0 aliphatic heterocycles. The van der Waals surface area contributed by atoms with Crippen LogP contribution in [0.4, 0.5) is 0 Å². The fourth-order valence-electron chi connectivity index (χ4n) is 10.2. The van der Waals surface area contributed by atoms with Gasteiger partial charge in [0.2, 0.25) is 0 Å². The molecule has 0 spiro atoms. The minimum absolute atomic E-state index is 0.237. The maximum Gasteiger partial charge on any atom is 0.0153 e. The lowest BCUT2D eigenvalue weighted by molar-refractivity contribution is 0.523. The van der Waals surface area contributed by atoms with Crippen LogP contribution in [-0.4, -0.2) is 0 Å². The number of benzene rings is 9. The molecule has 1 aliphatic rings. The molecule has 0 amide bonds. The van der Waals surface area contributed by atoms with Crippen molar-refractivity contribution in [2.24, 2.45) is 0 Å². The molecule has 0 bridgehead atoms. The van der Waals surface area contributed by atoms with Crippen LogP contribution in [0.3, 0.4) is 0 Å². The van der Waals surface area contributed by atoms with Crippen LogP contribution in [0.25, 0.3) is 76.1 Å². The topological polar surface area (TPSA) is 0 Å². The smallest absolute Gasteiger partial charge is 0.0153 e. The van der Waals surface area contributed by atoms with Gasteiger partial charge < -0.3 is 0 Å². The third-order valence-electron chi connectivity index (χ3n) is 13.5. The van der Waals surface area contributed by atoms with E-state index in [1.807, 2.05) is 0 Å². The summed E-state index contributed by atoms with van der Waals surface area (Å²) in [4.78, 5) is 0. The number of hydrogen-bond acceptors (Lipinski definition) is 0. The molecule has 9 aromatic carbocycles. The molecule has 0 saturated carbocycles. The standard InChI is InChI=1S/C56H50/c1-33(2)35-21-25-37(26-22-35)53-43-19-13-14-20-44(43)54(38-27-23-36(24-28-38)34(3)4)48-32-52-51(31-47(48)53)55(5,6)49-29-45-41-17-11-9-15-39(41)40-16-10-12-18-42(40)46(45)30-50(49)56(52,7)8/h9-34H,1-8H3. The Kier molecular flexibility index (Phi) is 7.69. The summed E-state index contributed by atoms with van der Waals surface area (Å²) in [6.07, 6.45) is 0. The molecular weight excluding hydrogens is 673 g/mol. The highest BCUT2D eigenvalue weighted by Crippen LogP contribution is 2.55. The molecule has 0 N–H and O–H groups in total. The summed E-state index contributed by atoms with van der Waals surface area (Å²) in [5.41, 5.74) is 13.2. The zero-order valence-corrected chi connectivity index (χ0v) is 34.0. The quantitative estimate of drug-likeness (QED) is 0.125. The Balaban J connectivity index is 1.33. The first-order chi connectivity index (χ1) is 26.9. The summed E-state index contributed by atoms with van der Waals surface area (Å²) in [7, 11) is 0.